The Morgan fingerprint density at radius 3 is 2.08 bits per heavy atom. The maximum atomic E-state index is 12.5. The first-order chi connectivity index (χ1) is 11.1. The van der Waals surface area contributed by atoms with E-state index >= 15 is 0 Å². The van der Waals surface area contributed by atoms with E-state index in [2.05, 4.69) is 0 Å². The molecule has 5 nitrogen and oxygen atoms in total. The average molecular weight is 331 g/mol. The molecule has 1 aliphatic carbocycles. The predicted molar refractivity (Wildman–Crippen MR) is 92.1 cm³/mol. The van der Waals surface area contributed by atoms with Gasteiger partial charge in [0.1, 0.15) is 17.3 Å². The summed E-state index contributed by atoms with van der Waals surface area (Å²) in [6.45, 7) is 4.29. The van der Waals surface area contributed by atoms with Crippen LogP contribution in [0.25, 0.3) is 0 Å². The minimum Gasteiger partial charge on any atom is -0.389 e. The second-order valence-corrected chi connectivity index (χ2v) is 7.19. The van der Waals surface area contributed by atoms with Crippen molar-refractivity contribution in [2.24, 2.45) is 11.8 Å². The van der Waals surface area contributed by atoms with Crippen LogP contribution in [0.1, 0.15) is 38.7 Å². The summed E-state index contributed by atoms with van der Waals surface area (Å²) < 4.78 is 0. The highest BCUT2D eigenvalue weighted by Gasteiger charge is 2.53. The number of anilines is 1. The van der Waals surface area contributed by atoms with Gasteiger partial charge < -0.3 is 10.0 Å². The molecule has 0 unspecified atom stereocenters. The molecular weight excluding hydrogens is 306 g/mol. The normalized spacial score (nSPS) is 30.1. The van der Waals surface area contributed by atoms with Crippen LogP contribution in [-0.2, 0) is 14.4 Å². The molecule has 4 atom stereocenters. The van der Waals surface area contributed by atoms with Crippen molar-refractivity contribution < 1.29 is 19.5 Å². The fourth-order valence-corrected chi connectivity index (χ4v) is 3.90. The van der Waals surface area contributed by atoms with Crippen LogP contribution in [-0.4, -0.2) is 42.2 Å². The summed E-state index contributed by atoms with van der Waals surface area (Å²) in [4.78, 5) is 38.8. The van der Waals surface area contributed by atoms with Gasteiger partial charge in [-0.05, 0) is 38.5 Å². The van der Waals surface area contributed by atoms with E-state index in [1.165, 1.54) is 20.8 Å². The molecule has 0 bridgehead atoms. The largest absolute Gasteiger partial charge is 0.389 e. The van der Waals surface area contributed by atoms with Crippen molar-refractivity contribution in [3.63, 3.8) is 0 Å². The molecule has 130 valence electrons. The molecular formula is C19H25NO4. The third kappa shape index (κ3) is 3.26. The van der Waals surface area contributed by atoms with Crippen molar-refractivity contribution in [2.45, 2.75) is 38.7 Å². The lowest BCUT2D eigenvalue weighted by molar-refractivity contribution is -0.151. The highest BCUT2D eigenvalue weighted by Crippen LogP contribution is 2.46. The summed E-state index contributed by atoms with van der Waals surface area (Å²) in [5.41, 5.74) is 0.264. The number of Topliss-reactive ketones (excluding diaryl/α,β-unsaturated/α-hetero) is 3. The Kier molecular flexibility index (Phi) is 4.95. The number of rotatable bonds is 4. The highest BCUT2D eigenvalue weighted by molar-refractivity contribution is 6.05. The van der Waals surface area contributed by atoms with E-state index in [4.69, 9.17) is 0 Å². The fraction of sp³-hybridized carbons (Fsp3) is 0.526. The first-order valence-electron chi connectivity index (χ1n) is 8.09. The number of hydrogen-bond donors (Lipinski definition) is 1. The number of benzene rings is 1. The molecule has 1 N–H and O–H groups in total. The van der Waals surface area contributed by atoms with Crippen LogP contribution in [0.5, 0.6) is 0 Å². The molecule has 0 amide bonds. The SMILES string of the molecule is CC(=O)[C@H]1C(=O)C[C@](C)(O)[C@@H](C(C)=O)[C@H]1c1ccc(N(C)C)cc1. The zero-order chi connectivity index (χ0) is 18.2. The molecule has 24 heavy (non-hydrogen) atoms. The number of carbonyl (C=O) groups is 3. The quantitative estimate of drug-likeness (QED) is 0.854. The molecule has 1 aromatic rings. The van der Waals surface area contributed by atoms with Crippen LogP contribution in [0.2, 0.25) is 0 Å². The lowest BCUT2D eigenvalue weighted by Crippen LogP contribution is -2.53. The number of nitrogens with zero attached hydrogens (tertiary/aromatic N) is 1. The van der Waals surface area contributed by atoms with Gasteiger partial charge in [-0.15, -0.1) is 0 Å². The van der Waals surface area contributed by atoms with E-state index < -0.39 is 23.4 Å². The summed E-state index contributed by atoms with van der Waals surface area (Å²) in [7, 11) is 3.83. The van der Waals surface area contributed by atoms with Gasteiger partial charge in [0.25, 0.3) is 0 Å². The topological polar surface area (TPSA) is 74.7 Å². The second kappa shape index (κ2) is 6.48. The van der Waals surface area contributed by atoms with Gasteiger partial charge >= 0.3 is 0 Å². The smallest absolute Gasteiger partial charge is 0.146 e. The van der Waals surface area contributed by atoms with E-state index in [1.54, 1.807) is 0 Å². The molecule has 0 spiro atoms. The molecule has 0 heterocycles. The van der Waals surface area contributed by atoms with Crippen LogP contribution in [0, 0.1) is 11.8 Å². The summed E-state index contributed by atoms with van der Waals surface area (Å²) in [5.74, 6) is -3.07. The van der Waals surface area contributed by atoms with Crippen LogP contribution < -0.4 is 4.90 Å². The van der Waals surface area contributed by atoms with E-state index in [-0.39, 0.29) is 23.8 Å². The highest BCUT2D eigenvalue weighted by atomic mass is 16.3. The van der Waals surface area contributed by atoms with Crippen LogP contribution in [0.3, 0.4) is 0 Å². The molecule has 0 radical (unpaired) electrons. The fourth-order valence-electron chi connectivity index (χ4n) is 3.90. The van der Waals surface area contributed by atoms with Gasteiger partial charge in [0, 0.05) is 32.1 Å². The molecule has 1 aliphatic rings. The van der Waals surface area contributed by atoms with Crippen molar-refractivity contribution in [3.05, 3.63) is 29.8 Å². The van der Waals surface area contributed by atoms with Crippen molar-refractivity contribution in [1.29, 1.82) is 0 Å². The van der Waals surface area contributed by atoms with Gasteiger partial charge in [0.15, 0.2) is 0 Å². The van der Waals surface area contributed by atoms with E-state index in [9.17, 15) is 19.5 Å². The monoisotopic (exact) mass is 331 g/mol. The van der Waals surface area contributed by atoms with E-state index in [0.717, 1.165) is 11.3 Å². The summed E-state index contributed by atoms with van der Waals surface area (Å²) in [6, 6.07) is 7.44. The zero-order valence-corrected chi connectivity index (χ0v) is 14.9. The number of aliphatic hydroxyl groups is 1. The molecule has 0 aromatic heterocycles. The molecule has 5 heteroatoms. The maximum absolute atomic E-state index is 12.5. The lowest BCUT2D eigenvalue weighted by atomic mass is 9.60. The van der Waals surface area contributed by atoms with Crippen LogP contribution >= 0.6 is 0 Å². The first-order valence-corrected chi connectivity index (χ1v) is 8.09. The minimum absolute atomic E-state index is 0.173. The Morgan fingerprint density at radius 2 is 1.67 bits per heavy atom. The zero-order valence-electron chi connectivity index (χ0n) is 14.9. The molecule has 1 aromatic carbocycles. The van der Waals surface area contributed by atoms with Gasteiger partial charge in [-0.25, -0.2) is 0 Å². The number of carbonyl (C=O) groups excluding carboxylic acids is 3. The average Bonchev–Trinajstić information content (AvgIpc) is 2.44. The van der Waals surface area contributed by atoms with Crippen molar-refractivity contribution >= 4 is 23.0 Å². The third-order valence-electron chi connectivity index (χ3n) is 4.94. The maximum Gasteiger partial charge on any atom is 0.146 e. The van der Waals surface area contributed by atoms with Crippen molar-refractivity contribution in [3.8, 4) is 0 Å². The third-order valence-corrected chi connectivity index (χ3v) is 4.94. The van der Waals surface area contributed by atoms with Crippen LogP contribution in [0.15, 0.2) is 24.3 Å². The number of ketones is 3. The molecule has 1 saturated carbocycles. The summed E-state index contributed by atoms with van der Waals surface area (Å²) >= 11 is 0. The Morgan fingerprint density at radius 1 is 1.12 bits per heavy atom. The Labute approximate surface area is 142 Å². The Hall–Kier alpha value is -2.01. The standard InChI is InChI=1S/C19H25NO4/c1-11(21)16-15(23)10-19(3,24)18(12(2)22)17(16)13-6-8-14(9-7-13)20(4)5/h6-9,16-18,24H,10H2,1-5H3/t16-,17-,18-,19-/m0/s1. The second-order valence-electron chi connectivity index (χ2n) is 7.19. The summed E-state index contributed by atoms with van der Waals surface area (Å²) in [5, 5.41) is 10.7. The Balaban J connectivity index is 2.58. The van der Waals surface area contributed by atoms with E-state index in [0.29, 0.717) is 0 Å². The van der Waals surface area contributed by atoms with Gasteiger partial charge in [-0.3, -0.25) is 14.4 Å². The Bertz CT molecular complexity index is 660. The van der Waals surface area contributed by atoms with Gasteiger partial charge in [0.05, 0.1) is 17.4 Å². The van der Waals surface area contributed by atoms with Gasteiger partial charge in [0.2, 0.25) is 0 Å². The van der Waals surface area contributed by atoms with Gasteiger partial charge in [-0.2, -0.15) is 0 Å². The van der Waals surface area contributed by atoms with Gasteiger partial charge in [-0.1, -0.05) is 12.1 Å². The predicted octanol–water partition coefficient (Wildman–Crippen LogP) is 1.97. The van der Waals surface area contributed by atoms with Crippen molar-refractivity contribution in [1.82, 2.24) is 0 Å². The molecule has 0 saturated heterocycles. The summed E-state index contributed by atoms with van der Waals surface area (Å²) in [6.07, 6.45) is -0.173. The molecule has 1 fully saturated rings. The first kappa shape index (κ1) is 18.3. The lowest BCUT2D eigenvalue weighted by Gasteiger charge is -2.44. The number of hydrogen-bond acceptors (Lipinski definition) is 5. The molecule has 2 rings (SSSR count). The van der Waals surface area contributed by atoms with E-state index in [1.807, 2.05) is 43.3 Å². The minimum atomic E-state index is -1.44. The van der Waals surface area contributed by atoms with Crippen molar-refractivity contribution in [2.75, 3.05) is 19.0 Å². The van der Waals surface area contributed by atoms with Crippen LogP contribution in [0.4, 0.5) is 5.69 Å². The molecule has 0 aliphatic heterocycles.